The minimum absolute atomic E-state index is 0.117. The molecule has 6 rings (SSSR count). The number of piperidine rings is 1. The average molecular weight is 403 g/mol. The maximum Gasteiger partial charge on any atom is 0.226 e. The summed E-state index contributed by atoms with van der Waals surface area (Å²) in [6, 6.07) is 8.17. The molecule has 156 valence electrons. The van der Waals surface area contributed by atoms with Crippen LogP contribution >= 0.6 is 0 Å². The Hall–Kier alpha value is -2.43. The molecular formula is C25H30N4O. The predicted octanol–water partition coefficient (Wildman–Crippen LogP) is 3.87. The van der Waals surface area contributed by atoms with Crippen molar-refractivity contribution >= 4 is 22.8 Å². The van der Waals surface area contributed by atoms with E-state index in [1.807, 2.05) is 25.1 Å². The molecule has 5 heteroatoms. The normalized spacial score (nSPS) is 29.1. The number of carbonyl (C=O) groups excluding carboxylic acids is 1. The summed E-state index contributed by atoms with van der Waals surface area (Å²) in [7, 11) is 0. The number of carbonyl (C=O) groups is 1. The van der Waals surface area contributed by atoms with Crippen LogP contribution in [0.1, 0.15) is 37.8 Å². The maximum atomic E-state index is 12.8. The zero-order valence-electron chi connectivity index (χ0n) is 17.7. The Balaban J connectivity index is 1.05. The number of aryl methyl sites for hydroxylation is 1. The van der Waals surface area contributed by atoms with Crippen molar-refractivity contribution in [1.82, 2.24) is 15.3 Å². The van der Waals surface area contributed by atoms with E-state index in [0.717, 1.165) is 66.9 Å². The van der Waals surface area contributed by atoms with Crippen molar-refractivity contribution < 1.29 is 4.79 Å². The fourth-order valence-electron chi connectivity index (χ4n) is 6.43. The third-order valence-electron chi connectivity index (χ3n) is 8.31. The van der Waals surface area contributed by atoms with Gasteiger partial charge < -0.3 is 10.2 Å². The van der Waals surface area contributed by atoms with Crippen molar-refractivity contribution in [2.75, 3.05) is 24.5 Å². The lowest BCUT2D eigenvalue weighted by Gasteiger charge is -2.32. The molecular weight excluding hydrogens is 372 g/mol. The highest BCUT2D eigenvalue weighted by atomic mass is 16.1. The van der Waals surface area contributed by atoms with Crippen LogP contribution < -0.4 is 10.2 Å². The quantitative estimate of drug-likeness (QED) is 0.789. The molecule has 3 fully saturated rings. The molecule has 1 amide bonds. The first kappa shape index (κ1) is 18.3. The summed E-state index contributed by atoms with van der Waals surface area (Å²) < 4.78 is 0. The first-order chi connectivity index (χ1) is 14.6. The Morgan fingerprint density at radius 2 is 1.97 bits per heavy atom. The van der Waals surface area contributed by atoms with Gasteiger partial charge in [-0.25, -0.2) is 9.97 Å². The lowest BCUT2D eigenvalue weighted by Crippen LogP contribution is -2.42. The van der Waals surface area contributed by atoms with Crippen molar-refractivity contribution in [2.24, 2.45) is 29.1 Å². The van der Waals surface area contributed by atoms with Crippen LogP contribution in [0.15, 0.2) is 36.4 Å². The Morgan fingerprint density at radius 3 is 2.73 bits per heavy atom. The molecule has 2 saturated carbocycles. The molecule has 1 aromatic carbocycles. The van der Waals surface area contributed by atoms with Gasteiger partial charge in [0.1, 0.15) is 0 Å². The van der Waals surface area contributed by atoms with E-state index in [1.165, 1.54) is 19.3 Å². The second kappa shape index (κ2) is 6.79. The fourth-order valence-corrected chi connectivity index (χ4v) is 6.43. The van der Waals surface area contributed by atoms with E-state index >= 15 is 0 Å². The van der Waals surface area contributed by atoms with Gasteiger partial charge in [-0.3, -0.25) is 4.79 Å². The number of benzene rings is 1. The number of allylic oxidation sites excluding steroid dienone is 2. The number of para-hydroxylation sites is 1. The summed E-state index contributed by atoms with van der Waals surface area (Å²) in [4.78, 5) is 24.6. The Bertz CT molecular complexity index is 1020. The van der Waals surface area contributed by atoms with Gasteiger partial charge in [-0.05, 0) is 68.3 Å². The highest BCUT2D eigenvalue weighted by Gasteiger charge is 2.62. The molecule has 30 heavy (non-hydrogen) atoms. The summed E-state index contributed by atoms with van der Waals surface area (Å²) >= 11 is 0. The van der Waals surface area contributed by atoms with E-state index < -0.39 is 0 Å². The monoisotopic (exact) mass is 402 g/mol. The number of anilines is 1. The van der Waals surface area contributed by atoms with Crippen LogP contribution in [0.25, 0.3) is 10.9 Å². The average Bonchev–Trinajstić information content (AvgIpc) is 3.45. The van der Waals surface area contributed by atoms with Crippen molar-refractivity contribution in [1.29, 1.82) is 0 Å². The van der Waals surface area contributed by atoms with Gasteiger partial charge >= 0.3 is 0 Å². The van der Waals surface area contributed by atoms with Gasteiger partial charge in [0, 0.05) is 30.9 Å². The third kappa shape index (κ3) is 2.85. The molecule has 2 aromatic rings. The largest absolute Gasteiger partial charge is 0.356 e. The molecule has 1 aliphatic heterocycles. The van der Waals surface area contributed by atoms with Crippen molar-refractivity contribution in [3.8, 4) is 0 Å². The van der Waals surface area contributed by atoms with E-state index in [-0.39, 0.29) is 11.8 Å². The van der Waals surface area contributed by atoms with Crippen LogP contribution in [-0.4, -0.2) is 35.5 Å². The van der Waals surface area contributed by atoms with Crippen LogP contribution in [-0.2, 0) is 4.79 Å². The summed E-state index contributed by atoms with van der Waals surface area (Å²) in [5, 5.41) is 4.42. The molecule has 5 nitrogen and oxygen atoms in total. The van der Waals surface area contributed by atoms with Crippen molar-refractivity contribution in [3.05, 3.63) is 42.1 Å². The van der Waals surface area contributed by atoms with Crippen LogP contribution in [0.4, 0.5) is 5.95 Å². The van der Waals surface area contributed by atoms with Crippen LogP contribution in [0.2, 0.25) is 0 Å². The predicted molar refractivity (Wildman–Crippen MR) is 118 cm³/mol. The number of hydrogen-bond acceptors (Lipinski definition) is 4. The molecule has 1 N–H and O–H groups in total. The van der Waals surface area contributed by atoms with Crippen molar-refractivity contribution in [3.63, 3.8) is 0 Å². The zero-order valence-corrected chi connectivity index (χ0v) is 17.7. The third-order valence-corrected chi connectivity index (χ3v) is 8.31. The lowest BCUT2D eigenvalue weighted by molar-refractivity contribution is -0.125. The summed E-state index contributed by atoms with van der Waals surface area (Å²) in [6.45, 7) is 4.59. The van der Waals surface area contributed by atoms with Gasteiger partial charge in [0.15, 0.2) is 0 Å². The Labute approximate surface area is 178 Å². The molecule has 0 radical (unpaired) electrons. The molecule has 2 bridgehead atoms. The Kier molecular flexibility index (Phi) is 4.15. The van der Waals surface area contributed by atoms with Crippen molar-refractivity contribution in [2.45, 2.75) is 39.0 Å². The summed E-state index contributed by atoms with van der Waals surface area (Å²) in [5.41, 5.74) is 2.62. The molecule has 1 spiro atoms. The smallest absolute Gasteiger partial charge is 0.226 e. The van der Waals surface area contributed by atoms with Crippen LogP contribution in [0.5, 0.6) is 0 Å². The van der Waals surface area contributed by atoms with Gasteiger partial charge in [0.05, 0.1) is 11.2 Å². The molecule has 1 saturated heterocycles. The van der Waals surface area contributed by atoms with E-state index in [0.29, 0.717) is 11.3 Å². The molecule has 0 unspecified atom stereocenters. The number of fused-ring (bicyclic) bond motifs is 1. The first-order valence-corrected chi connectivity index (χ1v) is 11.6. The van der Waals surface area contributed by atoms with E-state index in [9.17, 15) is 4.79 Å². The van der Waals surface area contributed by atoms with Gasteiger partial charge in [-0.1, -0.05) is 30.4 Å². The van der Waals surface area contributed by atoms with Crippen LogP contribution in [0, 0.1) is 36.0 Å². The number of hydrogen-bond donors (Lipinski definition) is 1. The number of amides is 1. The molecule has 1 aromatic heterocycles. The number of nitrogens with one attached hydrogen (secondary N) is 1. The highest BCUT2D eigenvalue weighted by molar-refractivity contribution is 5.82. The molecule has 2 heterocycles. The summed E-state index contributed by atoms with van der Waals surface area (Å²) in [5.74, 6) is 3.33. The van der Waals surface area contributed by atoms with Gasteiger partial charge in [-0.2, -0.15) is 0 Å². The summed E-state index contributed by atoms with van der Waals surface area (Å²) in [6.07, 6.45) is 10.7. The maximum absolute atomic E-state index is 12.8. The van der Waals surface area contributed by atoms with E-state index in [4.69, 9.17) is 9.97 Å². The van der Waals surface area contributed by atoms with E-state index in [1.54, 1.807) is 0 Å². The minimum Gasteiger partial charge on any atom is -0.356 e. The number of nitrogens with zero attached hydrogens (tertiary/aromatic N) is 3. The number of aromatic nitrogens is 2. The van der Waals surface area contributed by atoms with Gasteiger partial charge in [-0.15, -0.1) is 0 Å². The zero-order chi connectivity index (χ0) is 20.3. The Morgan fingerprint density at radius 1 is 1.17 bits per heavy atom. The van der Waals surface area contributed by atoms with Gasteiger partial charge in [0.25, 0.3) is 0 Å². The number of rotatable bonds is 4. The first-order valence-electron chi connectivity index (χ1n) is 11.6. The van der Waals surface area contributed by atoms with Crippen LogP contribution in [0.3, 0.4) is 0 Å². The topological polar surface area (TPSA) is 58.1 Å². The van der Waals surface area contributed by atoms with Gasteiger partial charge in [0.2, 0.25) is 11.9 Å². The molecule has 3 atom stereocenters. The van der Waals surface area contributed by atoms with E-state index in [2.05, 4.69) is 28.4 Å². The second-order valence-corrected chi connectivity index (χ2v) is 9.88. The SMILES string of the molecule is Cc1nc(N2CCC(C(=O)NC[C@@H]3C[C@@H]4C=C[C@@H]3C43CC3)CC2)nc2ccccc12. The fraction of sp³-hybridized carbons (Fsp3) is 0.560. The highest BCUT2D eigenvalue weighted by Crippen LogP contribution is 2.69. The standard InChI is InChI=1S/C25H30N4O/c1-16-20-4-2-3-5-22(20)28-24(27-16)29-12-8-17(9-13-29)23(30)26-15-18-14-19-6-7-21(18)25(19)10-11-25/h2-7,17-19,21H,8-15H2,1H3,(H,26,30)/t18-,19-,21-/m0/s1. The molecule has 3 aliphatic carbocycles. The minimum atomic E-state index is 0.117. The second-order valence-electron chi connectivity index (χ2n) is 9.88. The molecule has 4 aliphatic rings. The lowest BCUT2D eigenvalue weighted by atomic mass is 9.88.